The van der Waals surface area contributed by atoms with Crippen molar-refractivity contribution in [2.24, 2.45) is 0 Å². The first-order valence-corrected chi connectivity index (χ1v) is 6.69. The van der Waals surface area contributed by atoms with Crippen LogP contribution in [0.15, 0.2) is 18.2 Å². The van der Waals surface area contributed by atoms with Crippen LogP contribution < -0.4 is 0 Å². The number of hydrogen-bond donors (Lipinski definition) is 0. The molecule has 1 aromatic rings. The van der Waals surface area contributed by atoms with Crippen LogP contribution in [0.1, 0.15) is 21.5 Å². The van der Waals surface area contributed by atoms with Gasteiger partial charge in [-0.15, -0.1) is 11.6 Å². The minimum Gasteiger partial charge on any atom is -0.377 e. The zero-order valence-corrected chi connectivity index (χ0v) is 11.5. The third-order valence-electron chi connectivity index (χ3n) is 3.29. The molecular weight excluding hydrogens is 250 g/mol. The fourth-order valence-corrected chi connectivity index (χ4v) is 2.43. The average Bonchev–Trinajstić information content (AvgIpc) is 2.40. The molecule has 2 rings (SSSR count). The van der Waals surface area contributed by atoms with E-state index in [-0.39, 0.29) is 11.9 Å². The Hall–Kier alpha value is -1.06. The van der Waals surface area contributed by atoms with Crippen LogP contribution in [0, 0.1) is 13.8 Å². The number of morpholine rings is 1. The van der Waals surface area contributed by atoms with Gasteiger partial charge >= 0.3 is 0 Å². The van der Waals surface area contributed by atoms with Gasteiger partial charge in [-0.05, 0) is 25.5 Å². The van der Waals surface area contributed by atoms with Crippen molar-refractivity contribution in [3.05, 3.63) is 34.9 Å². The predicted molar refractivity (Wildman–Crippen MR) is 72.3 cm³/mol. The Morgan fingerprint density at radius 2 is 2.28 bits per heavy atom. The zero-order chi connectivity index (χ0) is 13.1. The summed E-state index contributed by atoms with van der Waals surface area (Å²) in [6.07, 6.45) is 0. The maximum absolute atomic E-state index is 12.6. The summed E-state index contributed by atoms with van der Waals surface area (Å²) < 4.78 is 5.36. The SMILES string of the molecule is Cc1ccc(C)c(C(=O)N2CCOCC2CCl)c1. The highest BCUT2D eigenvalue weighted by Gasteiger charge is 2.28. The molecule has 1 unspecified atom stereocenters. The number of carbonyl (C=O) groups excluding carboxylic acids is 1. The van der Waals surface area contributed by atoms with Crippen LogP contribution in [0.25, 0.3) is 0 Å². The molecule has 0 bridgehead atoms. The number of nitrogens with zero attached hydrogens (tertiary/aromatic N) is 1. The third kappa shape index (κ3) is 2.68. The lowest BCUT2D eigenvalue weighted by molar-refractivity contribution is 0.00451. The minimum atomic E-state index is -0.0205. The maximum atomic E-state index is 12.6. The van der Waals surface area contributed by atoms with Crippen LogP contribution in [0.4, 0.5) is 0 Å². The molecular formula is C14H18ClNO2. The third-order valence-corrected chi connectivity index (χ3v) is 3.65. The van der Waals surface area contributed by atoms with Gasteiger partial charge in [0.25, 0.3) is 5.91 Å². The highest BCUT2D eigenvalue weighted by atomic mass is 35.5. The molecule has 0 saturated carbocycles. The highest BCUT2D eigenvalue weighted by molar-refractivity contribution is 6.18. The molecule has 1 aromatic carbocycles. The molecule has 1 aliphatic heterocycles. The summed E-state index contributed by atoms with van der Waals surface area (Å²) in [5.41, 5.74) is 2.87. The molecule has 3 nitrogen and oxygen atoms in total. The fraction of sp³-hybridized carbons (Fsp3) is 0.500. The molecule has 1 aliphatic rings. The van der Waals surface area contributed by atoms with Crippen molar-refractivity contribution in [1.29, 1.82) is 0 Å². The molecule has 4 heteroatoms. The molecule has 1 amide bonds. The van der Waals surface area contributed by atoms with E-state index in [2.05, 4.69) is 0 Å². The van der Waals surface area contributed by atoms with Crippen molar-refractivity contribution in [3.8, 4) is 0 Å². The van der Waals surface area contributed by atoms with Crippen molar-refractivity contribution in [1.82, 2.24) is 4.90 Å². The lowest BCUT2D eigenvalue weighted by atomic mass is 10.0. The van der Waals surface area contributed by atoms with Gasteiger partial charge in [-0.3, -0.25) is 4.79 Å². The summed E-state index contributed by atoms with van der Waals surface area (Å²) in [4.78, 5) is 14.4. The Labute approximate surface area is 113 Å². The normalized spacial score (nSPS) is 19.9. The van der Waals surface area contributed by atoms with Crippen LogP contribution in [-0.4, -0.2) is 42.5 Å². The molecule has 0 aromatic heterocycles. The smallest absolute Gasteiger partial charge is 0.254 e. The highest BCUT2D eigenvalue weighted by Crippen LogP contribution is 2.17. The van der Waals surface area contributed by atoms with E-state index in [0.29, 0.717) is 25.6 Å². The van der Waals surface area contributed by atoms with Crippen LogP contribution in [0.2, 0.25) is 0 Å². The summed E-state index contributed by atoms with van der Waals surface area (Å²) in [6, 6.07) is 5.93. The van der Waals surface area contributed by atoms with E-state index in [1.54, 1.807) is 0 Å². The number of ether oxygens (including phenoxy) is 1. The van der Waals surface area contributed by atoms with Gasteiger partial charge in [0, 0.05) is 18.0 Å². The van der Waals surface area contributed by atoms with Crippen molar-refractivity contribution >= 4 is 17.5 Å². The monoisotopic (exact) mass is 267 g/mol. The Bertz CT molecular complexity index is 447. The lowest BCUT2D eigenvalue weighted by Crippen LogP contribution is -2.49. The van der Waals surface area contributed by atoms with Gasteiger partial charge in [0.1, 0.15) is 0 Å². The molecule has 1 fully saturated rings. The fourth-order valence-electron chi connectivity index (χ4n) is 2.17. The second-order valence-corrected chi connectivity index (χ2v) is 5.01. The van der Waals surface area contributed by atoms with E-state index >= 15 is 0 Å². The van der Waals surface area contributed by atoms with Crippen molar-refractivity contribution in [2.75, 3.05) is 25.6 Å². The van der Waals surface area contributed by atoms with E-state index in [1.807, 2.05) is 36.9 Å². The van der Waals surface area contributed by atoms with E-state index in [0.717, 1.165) is 16.7 Å². The molecule has 0 spiro atoms. The molecule has 0 radical (unpaired) electrons. The van der Waals surface area contributed by atoms with Gasteiger partial charge in [0.2, 0.25) is 0 Å². The second kappa shape index (κ2) is 5.72. The van der Waals surface area contributed by atoms with Gasteiger partial charge in [0.15, 0.2) is 0 Å². The number of carbonyl (C=O) groups is 1. The number of amides is 1. The molecule has 98 valence electrons. The van der Waals surface area contributed by atoms with Gasteiger partial charge in [-0.1, -0.05) is 17.7 Å². The Kier molecular flexibility index (Phi) is 4.25. The van der Waals surface area contributed by atoms with Crippen molar-refractivity contribution in [2.45, 2.75) is 19.9 Å². The first-order chi connectivity index (χ1) is 8.63. The van der Waals surface area contributed by atoms with Crippen molar-refractivity contribution < 1.29 is 9.53 Å². The summed E-state index contributed by atoms with van der Waals surface area (Å²) in [6.45, 7) is 5.69. The first-order valence-electron chi connectivity index (χ1n) is 6.15. The number of halogens is 1. The number of alkyl halides is 1. The van der Waals surface area contributed by atoms with E-state index in [1.165, 1.54) is 0 Å². The molecule has 0 aliphatic carbocycles. The Morgan fingerprint density at radius 3 is 3.00 bits per heavy atom. The standard InChI is InChI=1S/C14H18ClNO2/c1-10-3-4-11(2)13(7-10)14(17)16-5-6-18-9-12(16)8-15/h3-4,7,12H,5-6,8-9H2,1-2H3. The number of rotatable bonds is 2. The Morgan fingerprint density at radius 1 is 1.50 bits per heavy atom. The summed E-state index contributed by atoms with van der Waals surface area (Å²) in [5.74, 6) is 0.474. The second-order valence-electron chi connectivity index (χ2n) is 4.70. The summed E-state index contributed by atoms with van der Waals surface area (Å²) >= 11 is 5.90. The Balaban J connectivity index is 2.26. The van der Waals surface area contributed by atoms with Gasteiger partial charge in [0.05, 0.1) is 19.3 Å². The molecule has 0 N–H and O–H groups in total. The summed E-state index contributed by atoms with van der Waals surface area (Å²) in [7, 11) is 0. The van der Waals surface area contributed by atoms with E-state index in [9.17, 15) is 4.79 Å². The van der Waals surface area contributed by atoms with Crippen molar-refractivity contribution in [3.63, 3.8) is 0 Å². The zero-order valence-electron chi connectivity index (χ0n) is 10.8. The molecule has 1 saturated heterocycles. The largest absolute Gasteiger partial charge is 0.377 e. The van der Waals surface area contributed by atoms with E-state index < -0.39 is 0 Å². The molecule has 1 heterocycles. The van der Waals surface area contributed by atoms with Gasteiger partial charge in [-0.2, -0.15) is 0 Å². The first kappa shape index (κ1) is 13.4. The van der Waals surface area contributed by atoms with Crippen LogP contribution in [-0.2, 0) is 4.74 Å². The van der Waals surface area contributed by atoms with Gasteiger partial charge in [-0.25, -0.2) is 0 Å². The average molecular weight is 268 g/mol. The molecule has 1 atom stereocenters. The van der Waals surface area contributed by atoms with Crippen LogP contribution in [0.5, 0.6) is 0 Å². The van der Waals surface area contributed by atoms with Crippen LogP contribution in [0.3, 0.4) is 0 Å². The topological polar surface area (TPSA) is 29.5 Å². The predicted octanol–water partition coefficient (Wildman–Crippen LogP) is 2.38. The molecule has 18 heavy (non-hydrogen) atoms. The lowest BCUT2D eigenvalue weighted by Gasteiger charge is -2.34. The summed E-state index contributed by atoms with van der Waals surface area (Å²) in [5, 5.41) is 0. The quantitative estimate of drug-likeness (QED) is 0.770. The number of benzene rings is 1. The minimum absolute atomic E-state index is 0.0205. The van der Waals surface area contributed by atoms with Gasteiger partial charge < -0.3 is 9.64 Å². The van der Waals surface area contributed by atoms with Crippen LogP contribution >= 0.6 is 11.6 Å². The number of aryl methyl sites for hydroxylation is 2. The number of hydrogen-bond acceptors (Lipinski definition) is 2. The maximum Gasteiger partial charge on any atom is 0.254 e. The van der Waals surface area contributed by atoms with E-state index in [4.69, 9.17) is 16.3 Å².